The Hall–Kier alpha value is -1.26. The number of aliphatic carboxylic acids is 1. The zero-order valence-electron chi connectivity index (χ0n) is 10.6. The van der Waals surface area contributed by atoms with Crippen LogP contribution in [0.1, 0.15) is 13.3 Å². The fourth-order valence-electron chi connectivity index (χ4n) is 1.69. The van der Waals surface area contributed by atoms with E-state index in [-0.39, 0.29) is 0 Å². The van der Waals surface area contributed by atoms with E-state index in [9.17, 15) is 4.79 Å². The van der Waals surface area contributed by atoms with Crippen LogP contribution < -0.4 is 4.74 Å². The number of carbonyl (C=O) groups is 1. The minimum atomic E-state index is -0.803. The highest BCUT2D eigenvalue weighted by atomic mass is 35.5. The lowest BCUT2D eigenvalue weighted by molar-refractivity contribution is -0.143. The van der Waals surface area contributed by atoms with E-state index in [1.807, 2.05) is 19.1 Å². The van der Waals surface area contributed by atoms with Crippen LogP contribution in [0, 0.1) is 0 Å². The van der Waals surface area contributed by atoms with Gasteiger partial charge in [-0.15, -0.1) is 0 Å². The molecule has 4 nitrogen and oxygen atoms in total. The molecule has 5 heteroatoms. The molecule has 0 spiro atoms. The molecule has 0 saturated heterocycles. The van der Waals surface area contributed by atoms with Crippen molar-refractivity contribution in [1.29, 1.82) is 0 Å². The van der Waals surface area contributed by atoms with Crippen molar-refractivity contribution in [3.63, 3.8) is 0 Å². The standard InChI is InChI=1S/C13H18ClNO3/c1-3-12(13(16)17)15(2)7-8-18-11-6-4-5-10(14)9-11/h4-6,9,12H,3,7-8H2,1-2H3,(H,16,17)/t12-/m0/s1. The second-order valence-corrected chi connectivity index (χ2v) is 4.49. The molecule has 0 aromatic heterocycles. The molecular weight excluding hydrogens is 254 g/mol. The molecule has 1 aromatic rings. The third kappa shape index (κ3) is 4.55. The van der Waals surface area contributed by atoms with Crippen LogP contribution in [0.3, 0.4) is 0 Å². The maximum atomic E-state index is 10.9. The third-order valence-electron chi connectivity index (χ3n) is 2.71. The second kappa shape index (κ2) is 7.24. The van der Waals surface area contributed by atoms with E-state index < -0.39 is 12.0 Å². The number of hydrogen-bond acceptors (Lipinski definition) is 3. The number of ether oxygens (including phenoxy) is 1. The molecule has 100 valence electrons. The Kier molecular flexibility index (Phi) is 5.95. The van der Waals surface area contributed by atoms with Gasteiger partial charge in [0.15, 0.2) is 0 Å². The third-order valence-corrected chi connectivity index (χ3v) is 2.95. The molecule has 1 atom stereocenters. The molecule has 1 rings (SSSR count). The molecule has 0 radical (unpaired) electrons. The summed E-state index contributed by atoms with van der Waals surface area (Å²) in [5, 5.41) is 9.62. The summed E-state index contributed by atoms with van der Waals surface area (Å²) in [5.74, 6) is -0.109. The van der Waals surface area contributed by atoms with Crippen LogP contribution in [0.15, 0.2) is 24.3 Å². The van der Waals surface area contributed by atoms with Gasteiger partial charge in [0.2, 0.25) is 0 Å². The number of likely N-dealkylation sites (N-methyl/N-ethyl adjacent to an activating group) is 1. The fourth-order valence-corrected chi connectivity index (χ4v) is 1.88. The Bertz CT molecular complexity index is 398. The van der Waals surface area contributed by atoms with E-state index in [4.69, 9.17) is 21.4 Å². The fraction of sp³-hybridized carbons (Fsp3) is 0.462. The highest BCUT2D eigenvalue weighted by Crippen LogP contribution is 2.17. The zero-order valence-corrected chi connectivity index (χ0v) is 11.4. The first kappa shape index (κ1) is 14.8. The lowest BCUT2D eigenvalue weighted by Crippen LogP contribution is -2.40. The summed E-state index contributed by atoms with van der Waals surface area (Å²) in [7, 11) is 1.78. The van der Waals surface area contributed by atoms with E-state index >= 15 is 0 Å². The molecule has 0 amide bonds. The van der Waals surface area contributed by atoms with Crippen LogP contribution in [-0.4, -0.2) is 42.2 Å². The normalized spacial score (nSPS) is 12.4. The smallest absolute Gasteiger partial charge is 0.320 e. The van der Waals surface area contributed by atoms with Crippen molar-refractivity contribution >= 4 is 17.6 Å². The summed E-state index contributed by atoms with van der Waals surface area (Å²) in [6, 6.07) is 6.68. The first-order chi connectivity index (χ1) is 8.54. The Balaban J connectivity index is 2.39. The van der Waals surface area contributed by atoms with Crippen molar-refractivity contribution < 1.29 is 14.6 Å². The minimum absolute atomic E-state index is 0.431. The number of halogens is 1. The quantitative estimate of drug-likeness (QED) is 0.828. The molecule has 0 saturated carbocycles. The van der Waals surface area contributed by atoms with E-state index in [1.54, 1.807) is 24.1 Å². The Morgan fingerprint density at radius 3 is 2.83 bits per heavy atom. The van der Waals surface area contributed by atoms with E-state index in [2.05, 4.69) is 0 Å². The SMILES string of the molecule is CC[C@@H](C(=O)O)N(C)CCOc1cccc(Cl)c1. The number of rotatable bonds is 7. The van der Waals surface area contributed by atoms with Crippen LogP contribution in [-0.2, 0) is 4.79 Å². The first-order valence-corrected chi connectivity index (χ1v) is 6.23. The number of carboxylic acids is 1. The summed E-state index contributed by atoms with van der Waals surface area (Å²) in [6.45, 7) is 2.84. The highest BCUT2D eigenvalue weighted by molar-refractivity contribution is 6.30. The summed E-state index contributed by atoms with van der Waals surface area (Å²) in [6.07, 6.45) is 0.572. The van der Waals surface area contributed by atoms with Gasteiger partial charge in [-0.1, -0.05) is 24.6 Å². The number of benzene rings is 1. The van der Waals surface area contributed by atoms with Crippen LogP contribution in [0.2, 0.25) is 5.02 Å². The average molecular weight is 272 g/mol. The van der Waals surface area contributed by atoms with Gasteiger partial charge in [-0.3, -0.25) is 9.69 Å². The first-order valence-electron chi connectivity index (χ1n) is 5.86. The van der Waals surface area contributed by atoms with Gasteiger partial charge in [0, 0.05) is 11.6 Å². The molecule has 0 heterocycles. The predicted molar refractivity (Wildman–Crippen MR) is 71.3 cm³/mol. The topological polar surface area (TPSA) is 49.8 Å². The van der Waals surface area contributed by atoms with E-state index in [1.165, 1.54) is 0 Å². The molecule has 0 aliphatic heterocycles. The van der Waals surface area contributed by atoms with E-state index in [0.717, 1.165) is 0 Å². The summed E-state index contributed by atoms with van der Waals surface area (Å²) < 4.78 is 5.51. The van der Waals surface area contributed by atoms with Gasteiger partial charge in [0.05, 0.1) is 0 Å². The molecule has 0 unspecified atom stereocenters. The van der Waals surface area contributed by atoms with Gasteiger partial charge in [0.1, 0.15) is 18.4 Å². The molecule has 0 aliphatic rings. The maximum absolute atomic E-state index is 10.9. The highest BCUT2D eigenvalue weighted by Gasteiger charge is 2.19. The molecule has 0 aliphatic carbocycles. The van der Waals surface area contributed by atoms with Gasteiger partial charge < -0.3 is 9.84 Å². The maximum Gasteiger partial charge on any atom is 0.320 e. The molecule has 0 bridgehead atoms. The average Bonchev–Trinajstić information content (AvgIpc) is 2.29. The number of nitrogens with zero attached hydrogens (tertiary/aromatic N) is 1. The molecular formula is C13H18ClNO3. The van der Waals surface area contributed by atoms with Crippen LogP contribution >= 0.6 is 11.6 Å². The zero-order chi connectivity index (χ0) is 13.5. The van der Waals surface area contributed by atoms with Gasteiger partial charge in [-0.05, 0) is 31.7 Å². The molecule has 1 N–H and O–H groups in total. The Morgan fingerprint density at radius 2 is 2.28 bits per heavy atom. The Morgan fingerprint density at radius 1 is 1.56 bits per heavy atom. The van der Waals surface area contributed by atoms with Crippen molar-refractivity contribution in [1.82, 2.24) is 4.90 Å². The van der Waals surface area contributed by atoms with Crippen molar-refractivity contribution in [3.8, 4) is 5.75 Å². The van der Waals surface area contributed by atoms with Gasteiger partial charge in [-0.2, -0.15) is 0 Å². The minimum Gasteiger partial charge on any atom is -0.492 e. The van der Waals surface area contributed by atoms with Gasteiger partial charge >= 0.3 is 5.97 Å². The van der Waals surface area contributed by atoms with Gasteiger partial charge in [0.25, 0.3) is 0 Å². The molecule has 0 fully saturated rings. The molecule has 1 aromatic carbocycles. The monoisotopic (exact) mass is 271 g/mol. The van der Waals surface area contributed by atoms with Crippen LogP contribution in [0.5, 0.6) is 5.75 Å². The van der Waals surface area contributed by atoms with Crippen LogP contribution in [0.25, 0.3) is 0 Å². The lowest BCUT2D eigenvalue weighted by atomic mass is 10.2. The van der Waals surface area contributed by atoms with Crippen molar-refractivity contribution in [2.24, 2.45) is 0 Å². The van der Waals surface area contributed by atoms with Gasteiger partial charge in [-0.25, -0.2) is 0 Å². The summed E-state index contributed by atoms with van der Waals surface area (Å²) in [5.41, 5.74) is 0. The van der Waals surface area contributed by atoms with Crippen molar-refractivity contribution in [3.05, 3.63) is 29.3 Å². The van der Waals surface area contributed by atoms with Crippen molar-refractivity contribution in [2.45, 2.75) is 19.4 Å². The number of carboxylic acid groups (broad SMARTS) is 1. The molecule has 18 heavy (non-hydrogen) atoms. The predicted octanol–water partition coefficient (Wildman–Crippen LogP) is 2.51. The second-order valence-electron chi connectivity index (χ2n) is 4.05. The van der Waals surface area contributed by atoms with E-state index in [0.29, 0.717) is 30.3 Å². The van der Waals surface area contributed by atoms with Crippen molar-refractivity contribution in [2.75, 3.05) is 20.2 Å². The Labute approximate surface area is 112 Å². The van der Waals surface area contributed by atoms with Crippen LogP contribution in [0.4, 0.5) is 0 Å². The lowest BCUT2D eigenvalue weighted by Gasteiger charge is -2.23. The largest absolute Gasteiger partial charge is 0.492 e. The summed E-state index contributed by atoms with van der Waals surface area (Å²) in [4.78, 5) is 12.7. The summed E-state index contributed by atoms with van der Waals surface area (Å²) >= 11 is 5.83. The number of hydrogen-bond donors (Lipinski definition) is 1.